The van der Waals surface area contributed by atoms with Gasteiger partial charge in [0.05, 0.1) is 12.7 Å². The van der Waals surface area contributed by atoms with Gasteiger partial charge in [0.25, 0.3) is 0 Å². The first kappa shape index (κ1) is 15.7. The molecule has 0 radical (unpaired) electrons. The summed E-state index contributed by atoms with van der Waals surface area (Å²) in [5.74, 6) is 1.21. The van der Waals surface area contributed by atoms with Gasteiger partial charge < -0.3 is 15.2 Å². The van der Waals surface area contributed by atoms with Crippen molar-refractivity contribution in [1.82, 2.24) is 9.97 Å². The normalized spacial score (nSPS) is 12.1. The summed E-state index contributed by atoms with van der Waals surface area (Å²) in [6.07, 6.45) is 0.0734. The largest absolute Gasteiger partial charge is 0.391 e. The average molecular weight is 308 g/mol. The number of ether oxygens (including phenoxy) is 1. The van der Waals surface area contributed by atoms with Crippen LogP contribution in [0, 0.1) is 0 Å². The molecule has 0 saturated heterocycles. The Morgan fingerprint density at radius 3 is 2.76 bits per heavy atom. The topological polar surface area (TPSA) is 67.3 Å². The lowest BCUT2D eigenvalue weighted by atomic mass is 10.2. The standard InChI is InChI=1S/C15H18ClN3O2/c1-21-10-12(20)7-8-17-14-9-13(16)18-15(19-14)11-5-3-2-4-6-11/h2-6,9,12,20H,7-8,10H2,1H3,(H,17,18,19). The summed E-state index contributed by atoms with van der Waals surface area (Å²) in [5.41, 5.74) is 0.905. The zero-order valence-electron chi connectivity index (χ0n) is 11.8. The van der Waals surface area contributed by atoms with Crippen LogP contribution in [-0.4, -0.2) is 41.4 Å². The number of methoxy groups -OCH3 is 1. The van der Waals surface area contributed by atoms with Crippen LogP contribution in [-0.2, 0) is 4.74 Å². The number of rotatable bonds is 7. The third-order valence-electron chi connectivity index (χ3n) is 2.87. The Morgan fingerprint density at radius 1 is 1.29 bits per heavy atom. The van der Waals surface area contributed by atoms with E-state index < -0.39 is 6.10 Å². The Balaban J connectivity index is 2.02. The summed E-state index contributed by atoms with van der Waals surface area (Å²) in [6.45, 7) is 0.896. The summed E-state index contributed by atoms with van der Waals surface area (Å²) in [4.78, 5) is 8.65. The Morgan fingerprint density at radius 2 is 2.05 bits per heavy atom. The minimum absolute atomic E-state index is 0.321. The van der Waals surface area contributed by atoms with Gasteiger partial charge in [0.2, 0.25) is 0 Å². The van der Waals surface area contributed by atoms with Crippen LogP contribution >= 0.6 is 11.6 Å². The van der Waals surface area contributed by atoms with Crippen LogP contribution in [0.1, 0.15) is 6.42 Å². The highest BCUT2D eigenvalue weighted by atomic mass is 35.5. The smallest absolute Gasteiger partial charge is 0.163 e. The Labute approximate surface area is 129 Å². The summed E-state index contributed by atoms with van der Waals surface area (Å²) in [6, 6.07) is 11.3. The van der Waals surface area contributed by atoms with Crippen molar-refractivity contribution >= 4 is 17.4 Å². The lowest BCUT2D eigenvalue weighted by molar-refractivity contribution is 0.0615. The van der Waals surface area contributed by atoms with Crippen LogP contribution in [0.15, 0.2) is 36.4 Å². The zero-order chi connectivity index (χ0) is 15.1. The van der Waals surface area contributed by atoms with E-state index in [1.54, 1.807) is 13.2 Å². The third kappa shape index (κ3) is 4.97. The molecule has 1 aromatic heterocycles. The Bertz CT molecular complexity index is 566. The second-order valence-corrected chi connectivity index (χ2v) is 4.98. The van der Waals surface area contributed by atoms with Gasteiger partial charge in [-0.1, -0.05) is 41.9 Å². The molecule has 5 nitrogen and oxygen atoms in total. The Hall–Kier alpha value is -1.69. The van der Waals surface area contributed by atoms with Gasteiger partial charge >= 0.3 is 0 Å². The minimum Gasteiger partial charge on any atom is -0.391 e. The average Bonchev–Trinajstić information content (AvgIpc) is 2.48. The van der Waals surface area contributed by atoms with Crippen molar-refractivity contribution in [3.8, 4) is 11.4 Å². The summed E-state index contributed by atoms with van der Waals surface area (Å²) in [5, 5.41) is 13.1. The molecule has 0 amide bonds. The maximum absolute atomic E-state index is 9.59. The number of aromatic nitrogens is 2. The molecular weight excluding hydrogens is 290 g/mol. The minimum atomic E-state index is -0.492. The highest BCUT2D eigenvalue weighted by molar-refractivity contribution is 6.29. The van der Waals surface area contributed by atoms with Crippen LogP contribution in [0.4, 0.5) is 5.82 Å². The zero-order valence-corrected chi connectivity index (χ0v) is 12.5. The molecule has 0 spiro atoms. The molecule has 0 aliphatic rings. The van der Waals surface area contributed by atoms with Crippen molar-refractivity contribution in [1.29, 1.82) is 0 Å². The van der Waals surface area contributed by atoms with Gasteiger partial charge in [-0.05, 0) is 6.42 Å². The van der Waals surface area contributed by atoms with E-state index in [2.05, 4.69) is 15.3 Å². The van der Waals surface area contributed by atoms with E-state index in [1.807, 2.05) is 30.3 Å². The second-order valence-electron chi connectivity index (χ2n) is 4.59. The highest BCUT2D eigenvalue weighted by Gasteiger charge is 2.07. The van der Waals surface area contributed by atoms with Crippen LogP contribution in [0.2, 0.25) is 5.15 Å². The third-order valence-corrected chi connectivity index (χ3v) is 3.06. The molecule has 1 aromatic carbocycles. The number of nitrogens with zero attached hydrogens (tertiary/aromatic N) is 2. The maximum Gasteiger partial charge on any atom is 0.163 e. The predicted octanol–water partition coefficient (Wildman–Crippen LogP) is 2.61. The quantitative estimate of drug-likeness (QED) is 0.770. The number of anilines is 1. The molecule has 1 unspecified atom stereocenters. The number of hydrogen-bond donors (Lipinski definition) is 2. The van der Waals surface area contributed by atoms with Gasteiger partial charge in [-0.2, -0.15) is 0 Å². The van der Waals surface area contributed by atoms with E-state index in [1.165, 1.54) is 0 Å². The van der Waals surface area contributed by atoms with Crippen molar-refractivity contribution in [2.24, 2.45) is 0 Å². The molecule has 0 aliphatic heterocycles. The van der Waals surface area contributed by atoms with E-state index in [0.717, 1.165) is 5.56 Å². The molecule has 1 heterocycles. The molecule has 0 saturated carbocycles. The molecular formula is C15H18ClN3O2. The first-order valence-electron chi connectivity index (χ1n) is 6.70. The number of benzene rings is 1. The molecule has 1 atom stereocenters. The van der Waals surface area contributed by atoms with Crippen molar-refractivity contribution in [3.63, 3.8) is 0 Å². The Kier molecular flexibility index (Phi) is 5.92. The van der Waals surface area contributed by atoms with E-state index in [4.69, 9.17) is 16.3 Å². The van der Waals surface area contributed by atoms with Gasteiger partial charge in [-0.15, -0.1) is 0 Å². The monoisotopic (exact) mass is 307 g/mol. The number of halogens is 1. The highest BCUT2D eigenvalue weighted by Crippen LogP contribution is 2.19. The fourth-order valence-corrected chi connectivity index (χ4v) is 2.05. The molecule has 0 aliphatic carbocycles. The molecule has 2 N–H and O–H groups in total. The SMILES string of the molecule is COCC(O)CCNc1cc(Cl)nc(-c2ccccc2)n1. The molecule has 6 heteroatoms. The number of aliphatic hydroxyl groups excluding tert-OH is 1. The van der Waals surface area contributed by atoms with Crippen LogP contribution in [0.3, 0.4) is 0 Å². The van der Waals surface area contributed by atoms with Gasteiger partial charge in [-0.25, -0.2) is 9.97 Å². The predicted molar refractivity (Wildman–Crippen MR) is 83.5 cm³/mol. The van der Waals surface area contributed by atoms with Crippen molar-refractivity contribution in [3.05, 3.63) is 41.6 Å². The fourth-order valence-electron chi connectivity index (χ4n) is 1.87. The van der Waals surface area contributed by atoms with E-state index >= 15 is 0 Å². The van der Waals surface area contributed by atoms with Crippen molar-refractivity contribution in [2.45, 2.75) is 12.5 Å². The van der Waals surface area contributed by atoms with E-state index in [-0.39, 0.29) is 0 Å². The number of nitrogens with one attached hydrogen (secondary N) is 1. The van der Waals surface area contributed by atoms with Crippen LogP contribution in [0.25, 0.3) is 11.4 Å². The molecule has 2 rings (SSSR count). The van der Waals surface area contributed by atoms with Crippen LogP contribution in [0.5, 0.6) is 0 Å². The molecule has 2 aromatic rings. The van der Waals surface area contributed by atoms with Crippen molar-refractivity contribution < 1.29 is 9.84 Å². The van der Waals surface area contributed by atoms with Gasteiger partial charge in [0, 0.05) is 25.3 Å². The fraction of sp³-hybridized carbons (Fsp3) is 0.333. The van der Waals surface area contributed by atoms with Crippen molar-refractivity contribution in [2.75, 3.05) is 25.6 Å². The molecule has 0 fully saturated rings. The lowest BCUT2D eigenvalue weighted by Gasteiger charge is -2.11. The summed E-state index contributed by atoms with van der Waals surface area (Å²) >= 11 is 6.03. The maximum atomic E-state index is 9.59. The summed E-state index contributed by atoms with van der Waals surface area (Å²) in [7, 11) is 1.56. The van der Waals surface area contributed by atoms with Gasteiger partial charge in [-0.3, -0.25) is 0 Å². The lowest BCUT2D eigenvalue weighted by Crippen LogP contribution is -2.18. The number of hydrogen-bond acceptors (Lipinski definition) is 5. The number of aliphatic hydroxyl groups is 1. The van der Waals surface area contributed by atoms with E-state index in [0.29, 0.717) is 36.4 Å². The van der Waals surface area contributed by atoms with E-state index in [9.17, 15) is 5.11 Å². The summed E-state index contributed by atoms with van der Waals surface area (Å²) < 4.78 is 4.88. The molecule has 112 valence electrons. The molecule has 0 bridgehead atoms. The first-order valence-corrected chi connectivity index (χ1v) is 7.07. The van der Waals surface area contributed by atoms with Gasteiger partial charge in [0.1, 0.15) is 11.0 Å². The second kappa shape index (κ2) is 7.93. The first-order chi connectivity index (χ1) is 10.2. The molecule has 21 heavy (non-hydrogen) atoms. The van der Waals surface area contributed by atoms with Gasteiger partial charge in [0.15, 0.2) is 5.82 Å². The van der Waals surface area contributed by atoms with Crippen LogP contribution < -0.4 is 5.32 Å².